The fourth-order valence-electron chi connectivity index (χ4n) is 3.16. The van der Waals surface area contributed by atoms with Gasteiger partial charge in [-0.3, -0.25) is 10.6 Å². The van der Waals surface area contributed by atoms with Crippen molar-refractivity contribution in [3.05, 3.63) is 52.4 Å². The number of nitrogens with one attached hydrogen (secondary N) is 2. The molecule has 0 radical (unpaired) electrons. The van der Waals surface area contributed by atoms with Gasteiger partial charge in [0.1, 0.15) is 0 Å². The minimum atomic E-state index is -0.436. The van der Waals surface area contributed by atoms with E-state index in [1.165, 1.54) is 7.11 Å². The molecule has 114 valence electrons. The molecule has 1 aromatic rings. The third kappa shape index (κ3) is 1.84. The molecular formula is C16H17N3O3. The van der Waals surface area contributed by atoms with Crippen molar-refractivity contribution in [2.45, 2.75) is 19.8 Å². The first-order valence-electron chi connectivity index (χ1n) is 6.91. The molecule has 0 aliphatic carbocycles. The van der Waals surface area contributed by atoms with Gasteiger partial charge in [0.15, 0.2) is 5.84 Å². The summed E-state index contributed by atoms with van der Waals surface area (Å²) >= 11 is 0. The molecule has 0 amide bonds. The molecule has 6 nitrogen and oxygen atoms in total. The van der Waals surface area contributed by atoms with Crippen LogP contribution in [0.2, 0.25) is 0 Å². The molecule has 6 heteroatoms. The van der Waals surface area contributed by atoms with Crippen molar-refractivity contribution >= 4 is 17.5 Å². The Hall–Kier alpha value is -2.60. The summed E-state index contributed by atoms with van der Waals surface area (Å²) in [6, 6.07) is 7.21. The number of methoxy groups -OCH3 is 1. The maximum Gasteiger partial charge on any atom is 0.336 e. The highest BCUT2D eigenvalue weighted by Crippen LogP contribution is 2.46. The molecule has 22 heavy (non-hydrogen) atoms. The Balaban J connectivity index is 2.30. The summed E-state index contributed by atoms with van der Waals surface area (Å²) in [6.07, 6.45) is 0. The second-order valence-corrected chi connectivity index (χ2v) is 5.35. The molecule has 1 atom stereocenters. The number of carbonyl (C=O) groups is 1. The Morgan fingerprint density at radius 2 is 2.00 bits per heavy atom. The van der Waals surface area contributed by atoms with Crippen LogP contribution in [0.4, 0.5) is 5.69 Å². The van der Waals surface area contributed by atoms with Gasteiger partial charge in [0, 0.05) is 17.0 Å². The molecule has 1 unspecified atom stereocenters. The van der Waals surface area contributed by atoms with E-state index in [2.05, 4.69) is 5.32 Å². The summed E-state index contributed by atoms with van der Waals surface area (Å²) in [7, 11) is 1.34. The van der Waals surface area contributed by atoms with Crippen LogP contribution in [0.25, 0.3) is 0 Å². The van der Waals surface area contributed by atoms with Crippen molar-refractivity contribution in [3.8, 4) is 0 Å². The van der Waals surface area contributed by atoms with Crippen LogP contribution in [0.3, 0.4) is 0 Å². The highest BCUT2D eigenvalue weighted by atomic mass is 16.5. The predicted octanol–water partition coefficient (Wildman–Crippen LogP) is 2.28. The van der Waals surface area contributed by atoms with Gasteiger partial charge in [-0.05, 0) is 25.5 Å². The molecule has 2 aliphatic rings. The van der Waals surface area contributed by atoms with E-state index >= 15 is 0 Å². The molecule has 0 saturated heterocycles. The summed E-state index contributed by atoms with van der Waals surface area (Å²) in [4.78, 5) is 12.2. The Morgan fingerprint density at radius 3 is 2.68 bits per heavy atom. The van der Waals surface area contributed by atoms with Crippen molar-refractivity contribution in [2.24, 2.45) is 0 Å². The molecule has 3 N–H and O–H groups in total. The SMILES string of the molecule is COC(=O)C1=C(C)NC(C)=C2C(=N)N(O)c3ccccc3C21. The number of carbonyl (C=O) groups excluding carboxylic acids is 1. The topological polar surface area (TPSA) is 85.7 Å². The molecular weight excluding hydrogens is 282 g/mol. The number of anilines is 1. The quantitative estimate of drug-likeness (QED) is 0.693. The van der Waals surface area contributed by atoms with Crippen LogP contribution in [0.1, 0.15) is 25.3 Å². The largest absolute Gasteiger partial charge is 0.466 e. The van der Waals surface area contributed by atoms with Crippen molar-refractivity contribution < 1.29 is 14.7 Å². The van der Waals surface area contributed by atoms with E-state index in [1.807, 2.05) is 26.0 Å². The van der Waals surface area contributed by atoms with Crippen molar-refractivity contribution in [2.75, 3.05) is 12.2 Å². The predicted molar refractivity (Wildman–Crippen MR) is 81.7 cm³/mol. The van der Waals surface area contributed by atoms with Gasteiger partial charge in [-0.2, -0.15) is 0 Å². The van der Waals surface area contributed by atoms with Crippen molar-refractivity contribution in [3.63, 3.8) is 0 Å². The molecule has 0 saturated carbocycles. The van der Waals surface area contributed by atoms with Gasteiger partial charge in [0.2, 0.25) is 0 Å². The van der Waals surface area contributed by atoms with Gasteiger partial charge in [-0.15, -0.1) is 0 Å². The normalized spacial score (nSPS) is 20.5. The number of ether oxygens (including phenoxy) is 1. The molecule has 2 heterocycles. The van der Waals surface area contributed by atoms with Crippen LogP contribution in [-0.2, 0) is 9.53 Å². The average molecular weight is 299 g/mol. The van der Waals surface area contributed by atoms with E-state index in [4.69, 9.17) is 10.1 Å². The summed E-state index contributed by atoms with van der Waals surface area (Å²) in [5, 5.41) is 22.4. The summed E-state index contributed by atoms with van der Waals surface area (Å²) in [5.74, 6) is -0.891. The number of allylic oxidation sites excluding steroid dienone is 2. The highest BCUT2D eigenvalue weighted by Gasteiger charge is 2.41. The minimum Gasteiger partial charge on any atom is -0.466 e. The molecule has 0 aromatic heterocycles. The van der Waals surface area contributed by atoms with Crippen LogP contribution in [0.5, 0.6) is 0 Å². The number of esters is 1. The number of nitrogens with zero attached hydrogens (tertiary/aromatic N) is 1. The van der Waals surface area contributed by atoms with E-state index in [0.717, 1.165) is 16.3 Å². The summed E-state index contributed by atoms with van der Waals surface area (Å²) in [5.41, 5.74) is 3.77. The van der Waals surface area contributed by atoms with Crippen molar-refractivity contribution in [1.82, 2.24) is 5.32 Å². The van der Waals surface area contributed by atoms with Crippen molar-refractivity contribution in [1.29, 1.82) is 5.41 Å². The van der Waals surface area contributed by atoms with E-state index < -0.39 is 11.9 Å². The molecule has 3 rings (SSSR count). The standard InChI is InChI=1S/C16H17N3O3/c1-8-12-14(13(9(2)18-8)16(20)22-3)10-6-4-5-7-11(10)19(21)15(12)17/h4-7,14,17-18,21H,1-3H3. The second kappa shape index (κ2) is 4.99. The molecule has 1 aromatic carbocycles. The van der Waals surface area contributed by atoms with Gasteiger partial charge < -0.3 is 10.1 Å². The van der Waals surface area contributed by atoms with Gasteiger partial charge in [-0.1, -0.05) is 18.2 Å². The number of hydroxylamine groups is 1. The number of para-hydroxylation sites is 1. The Morgan fingerprint density at radius 1 is 1.32 bits per heavy atom. The third-order valence-electron chi connectivity index (χ3n) is 4.11. The Bertz CT molecular complexity index is 749. The van der Waals surface area contributed by atoms with Gasteiger partial charge in [-0.25, -0.2) is 9.86 Å². The number of rotatable bonds is 1. The van der Waals surface area contributed by atoms with Crippen LogP contribution >= 0.6 is 0 Å². The number of dihydropyridines is 1. The number of hydrogen-bond acceptors (Lipinski definition) is 5. The third-order valence-corrected chi connectivity index (χ3v) is 4.11. The maximum atomic E-state index is 12.2. The lowest BCUT2D eigenvalue weighted by Crippen LogP contribution is -2.41. The lowest BCUT2D eigenvalue weighted by molar-refractivity contribution is -0.136. The van der Waals surface area contributed by atoms with Crippen LogP contribution in [0.15, 0.2) is 46.8 Å². The first-order chi connectivity index (χ1) is 10.5. The summed E-state index contributed by atoms with van der Waals surface area (Å²) < 4.78 is 4.92. The van der Waals surface area contributed by atoms with Crippen LogP contribution in [0, 0.1) is 5.41 Å². The second-order valence-electron chi connectivity index (χ2n) is 5.35. The average Bonchev–Trinajstić information content (AvgIpc) is 2.51. The van der Waals surface area contributed by atoms with E-state index in [-0.39, 0.29) is 5.84 Å². The maximum absolute atomic E-state index is 12.2. The van der Waals surface area contributed by atoms with E-state index in [1.54, 1.807) is 12.1 Å². The number of hydrogen-bond donors (Lipinski definition) is 3. The first kappa shape index (κ1) is 14.3. The molecule has 0 bridgehead atoms. The Kier molecular flexibility index (Phi) is 3.26. The van der Waals surface area contributed by atoms with Crippen LogP contribution in [-0.4, -0.2) is 24.1 Å². The zero-order valence-corrected chi connectivity index (χ0v) is 12.6. The number of fused-ring (bicyclic) bond motifs is 3. The van der Waals surface area contributed by atoms with Gasteiger partial charge in [0.25, 0.3) is 0 Å². The number of benzene rings is 1. The summed E-state index contributed by atoms with van der Waals surface area (Å²) in [6.45, 7) is 3.64. The monoisotopic (exact) mass is 299 g/mol. The number of amidine groups is 1. The Labute approximate surface area is 128 Å². The zero-order chi connectivity index (χ0) is 16.0. The fraction of sp³-hybridized carbons (Fsp3) is 0.250. The lowest BCUT2D eigenvalue weighted by Gasteiger charge is -2.38. The lowest BCUT2D eigenvalue weighted by atomic mass is 9.77. The van der Waals surface area contributed by atoms with Gasteiger partial charge in [0.05, 0.1) is 24.3 Å². The van der Waals surface area contributed by atoms with Gasteiger partial charge >= 0.3 is 5.97 Å². The zero-order valence-electron chi connectivity index (χ0n) is 12.6. The first-order valence-corrected chi connectivity index (χ1v) is 6.91. The van der Waals surface area contributed by atoms with E-state index in [9.17, 15) is 10.0 Å². The smallest absolute Gasteiger partial charge is 0.336 e. The molecule has 0 fully saturated rings. The van der Waals surface area contributed by atoms with Crippen LogP contribution < -0.4 is 10.4 Å². The molecule has 0 spiro atoms. The highest BCUT2D eigenvalue weighted by molar-refractivity contribution is 6.13. The minimum absolute atomic E-state index is 0.0393. The fourth-order valence-corrected chi connectivity index (χ4v) is 3.16. The van der Waals surface area contributed by atoms with E-state index in [0.29, 0.717) is 22.5 Å². The molecule has 2 aliphatic heterocycles.